The van der Waals surface area contributed by atoms with Crippen LogP contribution >= 0.6 is 0 Å². The quantitative estimate of drug-likeness (QED) is 0.641. The lowest BCUT2D eigenvalue weighted by Gasteiger charge is -2.18. The van der Waals surface area contributed by atoms with Gasteiger partial charge in [0.25, 0.3) is 5.91 Å². The zero-order chi connectivity index (χ0) is 23.4. The molecule has 0 fully saturated rings. The van der Waals surface area contributed by atoms with Crippen molar-refractivity contribution in [1.82, 2.24) is 5.32 Å². The molecule has 32 heavy (non-hydrogen) atoms. The van der Waals surface area contributed by atoms with Crippen LogP contribution in [0.15, 0.2) is 47.4 Å². The molecule has 0 radical (unpaired) electrons. The van der Waals surface area contributed by atoms with E-state index in [-0.39, 0.29) is 22.6 Å². The maximum Gasteiger partial charge on any atom is 0.405 e. The van der Waals surface area contributed by atoms with Crippen molar-refractivity contribution in [2.24, 2.45) is 0 Å². The number of ether oxygens (including phenoxy) is 2. The fourth-order valence-electron chi connectivity index (χ4n) is 2.81. The van der Waals surface area contributed by atoms with Crippen molar-refractivity contribution in [3.63, 3.8) is 0 Å². The highest BCUT2D eigenvalue weighted by Gasteiger charge is 2.28. The SMILES string of the molecule is O=C(CCS(=O)(=O)c1ccc2c(c1)OCCO2)Nc1cccc(C(=O)NCC(F)(F)F)c1. The lowest BCUT2D eigenvalue weighted by molar-refractivity contribution is -0.123. The van der Waals surface area contributed by atoms with Gasteiger partial charge in [-0.3, -0.25) is 9.59 Å². The van der Waals surface area contributed by atoms with Gasteiger partial charge in [-0.2, -0.15) is 13.2 Å². The Morgan fingerprint density at radius 3 is 2.44 bits per heavy atom. The molecular weight excluding hydrogens is 453 g/mol. The van der Waals surface area contributed by atoms with E-state index in [0.717, 1.165) is 0 Å². The molecule has 0 saturated heterocycles. The topological polar surface area (TPSA) is 111 Å². The lowest BCUT2D eigenvalue weighted by Crippen LogP contribution is -2.33. The average molecular weight is 472 g/mol. The van der Waals surface area contributed by atoms with Crippen LogP contribution in [0, 0.1) is 0 Å². The van der Waals surface area contributed by atoms with Crippen LogP contribution in [0.4, 0.5) is 18.9 Å². The number of carbonyl (C=O) groups is 2. The Labute approximate surface area is 181 Å². The third-order valence-corrected chi connectivity index (χ3v) is 6.04. The molecular formula is C20H19F3N2O6S. The molecule has 12 heteroatoms. The Kier molecular flexibility index (Phi) is 6.92. The maximum atomic E-state index is 12.6. The van der Waals surface area contributed by atoms with Gasteiger partial charge in [-0.05, 0) is 30.3 Å². The third-order valence-electron chi connectivity index (χ3n) is 4.33. The molecule has 0 atom stereocenters. The first-order chi connectivity index (χ1) is 15.0. The van der Waals surface area contributed by atoms with E-state index in [1.54, 1.807) is 5.32 Å². The van der Waals surface area contributed by atoms with Gasteiger partial charge in [0, 0.05) is 23.7 Å². The zero-order valence-electron chi connectivity index (χ0n) is 16.6. The summed E-state index contributed by atoms with van der Waals surface area (Å²) in [7, 11) is -3.79. The molecule has 0 saturated carbocycles. The van der Waals surface area contributed by atoms with E-state index >= 15 is 0 Å². The smallest absolute Gasteiger partial charge is 0.405 e. The molecule has 0 bridgehead atoms. The normalized spacial score (nSPS) is 13.3. The summed E-state index contributed by atoms with van der Waals surface area (Å²) in [5, 5.41) is 4.16. The Bertz CT molecular complexity index is 1120. The first-order valence-corrected chi connectivity index (χ1v) is 11.1. The number of fused-ring (bicyclic) bond motifs is 1. The maximum absolute atomic E-state index is 12.6. The van der Waals surface area contributed by atoms with Gasteiger partial charge in [0.15, 0.2) is 21.3 Å². The standard InChI is InChI=1S/C20H19F3N2O6S/c21-20(22,23)12-24-19(27)13-2-1-3-14(10-13)25-18(26)6-9-32(28,29)15-4-5-16-17(11-15)31-8-7-30-16/h1-5,10-11H,6-9,12H2,(H,24,27)(H,25,26). The molecule has 0 spiro atoms. The van der Waals surface area contributed by atoms with Crippen LogP contribution in [-0.4, -0.2) is 51.9 Å². The van der Waals surface area contributed by atoms with Crippen LogP contribution in [-0.2, 0) is 14.6 Å². The van der Waals surface area contributed by atoms with Crippen molar-refractivity contribution in [3.8, 4) is 11.5 Å². The van der Waals surface area contributed by atoms with Crippen LogP contribution in [0.2, 0.25) is 0 Å². The molecule has 2 aromatic carbocycles. The summed E-state index contributed by atoms with van der Waals surface area (Å²) in [5.41, 5.74) is 0.0577. The molecule has 1 aliphatic rings. The van der Waals surface area contributed by atoms with Gasteiger partial charge in [0.05, 0.1) is 10.6 Å². The summed E-state index contributed by atoms with van der Waals surface area (Å²) in [6.07, 6.45) is -4.93. The van der Waals surface area contributed by atoms with E-state index in [9.17, 15) is 31.2 Å². The van der Waals surface area contributed by atoms with Crippen LogP contribution < -0.4 is 20.1 Å². The van der Waals surface area contributed by atoms with Crippen LogP contribution in [0.5, 0.6) is 11.5 Å². The second-order valence-corrected chi connectivity index (χ2v) is 8.91. The Balaban J connectivity index is 1.58. The fraction of sp³-hybridized carbons (Fsp3) is 0.300. The summed E-state index contributed by atoms with van der Waals surface area (Å²) in [6, 6.07) is 9.47. The first kappa shape index (κ1) is 23.4. The Hall–Kier alpha value is -3.28. The molecule has 3 rings (SSSR count). The first-order valence-electron chi connectivity index (χ1n) is 9.41. The predicted octanol–water partition coefficient (Wildman–Crippen LogP) is 2.55. The highest BCUT2D eigenvalue weighted by Crippen LogP contribution is 2.32. The molecule has 0 aromatic heterocycles. The minimum Gasteiger partial charge on any atom is -0.486 e. The summed E-state index contributed by atoms with van der Waals surface area (Å²) in [5.74, 6) is -1.34. The zero-order valence-corrected chi connectivity index (χ0v) is 17.4. The molecule has 0 aliphatic carbocycles. The van der Waals surface area contributed by atoms with E-state index in [0.29, 0.717) is 24.7 Å². The summed E-state index contributed by atoms with van der Waals surface area (Å²) >= 11 is 0. The van der Waals surface area contributed by atoms with Crippen LogP contribution in [0.25, 0.3) is 0 Å². The summed E-state index contributed by atoms with van der Waals surface area (Å²) < 4.78 is 72.5. The Morgan fingerprint density at radius 1 is 1.00 bits per heavy atom. The molecule has 172 valence electrons. The van der Waals surface area contributed by atoms with Gasteiger partial charge in [0.1, 0.15) is 19.8 Å². The average Bonchev–Trinajstić information content (AvgIpc) is 2.75. The molecule has 8 nitrogen and oxygen atoms in total. The van der Waals surface area contributed by atoms with Crippen molar-refractivity contribution >= 4 is 27.3 Å². The van der Waals surface area contributed by atoms with E-state index in [1.165, 1.54) is 42.5 Å². The number of alkyl halides is 3. The fourth-order valence-corrected chi connectivity index (χ4v) is 4.06. The molecule has 1 heterocycles. The van der Waals surface area contributed by atoms with Crippen molar-refractivity contribution in [2.75, 3.05) is 30.8 Å². The lowest BCUT2D eigenvalue weighted by atomic mass is 10.2. The van der Waals surface area contributed by atoms with Crippen molar-refractivity contribution in [2.45, 2.75) is 17.5 Å². The minimum atomic E-state index is -4.55. The van der Waals surface area contributed by atoms with E-state index in [2.05, 4.69) is 5.32 Å². The molecule has 2 amide bonds. The number of carbonyl (C=O) groups excluding carboxylic acids is 2. The monoisotopic (exact) mass is 472 g/mol. The number of amides is 2. The Morgan fingerprint density at radius 2 is 1.72 bits per heavy atom. The number of nitrogens with one attached hydrogen (secondary N) is 2. The number of hydrogen-bond donors (Lipinski definition) is 2. The molecule has 2 N–H and O–H groups in total. The number of rotatable bonds is 7. The van der Waals surface area contributed by atoms with Gasteiger partial charge in [0.2, 0.25) is 5.91 Å². The van der Waals surface area contributed by atoms with Crippen molar-refractivity contribution < 1.29 is 40.7 Å². The van der Waals surface area contributed by atoms with Crippen molar-refractivity contribution in [1.29, 1.82) is 0 Å². The predicted molar refractivity (Wildman–Crippen MR) is 108 cm³/mol. The van der Waals surface area contributed by atoms with E-state index in [4.69, 9.17) is 9.47 Å². The molecule has 2 aromatic rings. The van der Waals surface area contributed by atoms with Crippen LogP contribution in [0.3, 0.4) is 0 Å². The van der Waals surface area contributed by atoms with E-state index < -0.39 is 40.1 Å². The highest BCUT2D eigenvalue weighted by molar-refractivity contribution is 7.91. The van der Waals surface area contributed by atoms with Gasteiger partial charge in [-0.15, -0.1) is 0 Å². The van der Waals surface area contributed by atoms with Gasteiger partial charge >= 0.3 is 6.18 Å². The largest absolute Gasteiger partial charge is 0.486 e. The van der Waals surface area contributed by atoms with Crippen molar-refractivity contribution in [3.05, 3.63) is 48.0 Å². The van der Waals surface area contributed by atoms with Crippen LogP contribution in [0.1, 0.15) is 16.8 Å². The van der Waals surface area contributed by atoms with Gasteiger partial charge in [-0.1, -0.05) is 6.07 Å². The van der Waals surface area contributed by atoms with Gasteiger partial charge < -0.3 is 20.1 Å². The van der Waals surface area contributed by atoms with E-state index in [1.807, 2.05) is 0 Å². The van der Waals surface area contributed by atoms with Gasteiger partial charge in [-0.25, -0.2) is 8.42 Å². The summed E-state index contributed by atoms with van der Waals surface area (Å²) in [6.45, 7) is -0.823. The second kappa shape index (κ2) is 9.47. The summed E-state index contributed by atoms with van der Waals surface area (Å²) in [4.78, 5) is 24.0. The highest BCUT2D eigenvalue weighted by atomic mass is 32.2. The number of hydrogen-bond acceptors (Lipinski definition) is 6. The number of anilines is 1. The molecule has 0 unspecified atom stereocenters. The second-order valence-electron chi connectivity index (χ2n) is 6.80. The number of halogens is 3. The minimum absolute atomic E-state index is 0.0158. The number of sulfone groups is 1. The molecule has 1 aliphatic heterocycles. The number of benzene rings is 2. The third kappa shape index (κ3) is 6.36.